The molecule has 3 nitrogen and oxygen atoms in total. The van der Waals surface area contributed by atoms with E-state index in [2.05, 4.69) is 42.3 Å². The van der Waals surface area contributed by atoms with E-state index in [0.717, 1.165) is 25.4 Å². The molecule has 3 heteroatoms. The van der Waals surface area contributed by atoms with Crippen LogP contribution in [0, 0.1) is 6.92 Å². The normalized spacial score (nSPS) is 16.9. The molecule has 1 heterocycles. The van der Waals surface area contributed by atoms with E-state index in [1.165, 1.54) is 24.1 Å². The fourth-order valence-corrected chi connectivity index (χ4v) is 2.66. The first-order chi connectivity index (χ1) is 8.74. The van der Waals surface area contributed by atoms with Crippen LogP contribution in [0.5, 0.6) is 5.75 Å². The third kappa shape index (κ3) is 2.96. The van der Waals surface area contributed by atoms with E-state index in [4.69, 9.17) is 4.74 Å². The molecule has 0 bridgehead atoms. The number of rotatable bonds is 4. The van der Waals surface area contributed by atoms with Crippen LogP contribution in [0.25, 0.3) is 0 Å². The van der Waals surface area contributed by atoms with Crippen molar-refractivity contribution in [3.05, 3.63) is 23.8 Å². The second-order valence-corrected chi connectivity index (χ2v) is 4.99. The fourth-order valence-electron chi connectivity index (χ4n) is 2.66. The van der Waals surface area contributed by atoms with Crippen molar-refractivity contribution in [3.8, 4) is 5.75 Å². The Balaban J connectivity index is 2.06. The Labute approximate surface area is 110 Å². The lowest BCUT2D eigenvalue weighted by atomic mass is 10.0. The van der Waals surface area contributed by atoms with Crippen molar-refractivity contribution in [3.63, 3.8) is 0 Å². The molecule has 0 radical (unpaired) electrons. The van der Waals surface area contributed by atoms with E-state index in [0.29, 0.717) is 6.04 Å². The van der Waals surface area contributed by atoms with Crippen molar-refractivity contribution in [1.82, 2.24) is 5.32 Å². The molecule has 1 aliphatic rings. The number of benzene rings is 1. The van der Waals surface area contributed by atoms with Crippen LogP contribution in [0.2, 0.25) is 0 Å². The second-order valence-electron chi connectivity index (χ2n) is 4.99. The van der Waals surface area contributed by atoms with Crippen LogP contribution in [-0.2, 0) is 0 Å². The molecular weight excluding hydrogens is 224 g/mol. The molecule has 100 valence electrons. The van der Waals surface area contributed by atoms with Crippen LogP contribution in [-0.4, -0.2) is 32.8 Å². The standard InChI is InChI=1S/C15H24N2O/c1-4-16-13-7-9-17(10-8-13)14-11-12(2)5-6-15(14)18-3/h5-6,11,13,16H,4,7-10H2,1-3H3. The highest BCUT2D eigenvalue weighted by atomic mass is 16.5. The van der Waals surface area contributed by atoms with Gasteiger partial charge in [0.25, 0.3) is 0 Å². The molecule has 1 N–H and O–H groups in total. The third-order valence-electron chi connectivity index (χ3n) is 3.66. The van der Waals surface area contributed by atoms with Gasteiger partial charge in [0.2, 0.25) is 0 Å². The van der Waals surface area contributed by atoms with Crippen LogP contribution in [0.4, 0.5) is 5.69 Å². The molecule has 0 aliphatic carbocycles. The Hall–Kier alpha value is -1.22. The monoisotopic (exact) mass is 248 g/mol. The van der Waals surface area contributed by atoms with Crippen LogP contribution in [0.3, 0.4) is 0 Å². The molecule has 0 atom stereocenters. The smallest absolute Gasteiger partial charge is 0.142 e. The third-order valence-corrected chi connectivity index (χ3v) is 3.66. The Morgan fingerprint density at radius 1 is 1.33 bits per heavy atom. The van der Waals surface area contributed by atoms with Crippen LogP contribution in [0.15, 0.2) is 18.2 Å². The van der Waals surface area contributed by atoms with Gasteiger partial charge >= 0.3 is 0 Å². The summed E-state index contributed by atoms with van der Waals surface area (Å²) in [6, 6.07) is 7.09. The van der Waals surface area contributed by atoms with Crippen LogP contribution in [0.1, 0.15) is 25.3 Å². The van der Waals surface area contributed by atoms with Gasteiger partial charge in [-0.1, -0.05) is 13.0 Å². The molecule has 0 saturated carbocycles. The average Bonchev–Trinajstić information content (AvgIpc) is 2.40. The first-order valence-corrected chi connectivity index (χ1v) is 6.87. The summed E-state index contributed by atoms with van der Waals surface area (Å²) in [5, 5.41) is 3.54. The number of nitrogens with zero attached hydrogens (tertiary/aromatic N) is 1. The number of anilines is 1. The molecule has 0 spiro atoms. The van der Waals surface area contributed by atoms with E-state index in [9.17, 15) is 0 Å². The van der Waals surface area contributed by atoms with Crippen LogP contribution < -0.4 is 15.0 Å². The van der Waals surface area contributed by atoms with Gasteiger partial charge in [0, 0.05) is 19.1 Å². The largest absolute Gasteiger partial charge is 0.495 e. The van der Waals surface area contributed by atoms with Gasteiger partial charge in [-0.3, -0.25) is 0 Å². The maximum Gasteiger partial charge on any atom is 0.142 e. The molecule has 18 heavy (non-hydrogen) atoms. The summed E-state index contributed by atoms with van der Waals surface area (Å²) >= 11 is 0. The molecule has 2 rings (SSSR count). The minimum atomic E-state index is 0.682. The van der Waals surface area contributed by atoms with Gasteiger partial charge in [-0.25, -0.2) is 0 Å². The zero-order valence-electron chi connectivity index (χ0n) is 11.7. The van der Waals surface area contributed by atoms with Gasteiger partial charge in [-0.05, 0) is 44.0 Å². The molecular formula is C15H24N2O. The SMILES string of the molecule is CCNC1CCN(c2cc(C)ccc2OC)CC1. The number of piperidine rings is 1. The minimum absolute atomic E-state index is 0.682. The maximum absolute atomic E-state index is 5.47. The first kappa shape index (κ1) is 13.2. The minimum Gasteiger partial charge on any atom is -0.495 e. The Morgan fingerprint density at radius 3 is 2.67 bits per heavy atom. The van der Waals surface area contributed by atoms with Crippen molar-refractivity contribution in [2.45, 2.75) is 32.7 Å². The van der Waals surface area contributed by atoms with Gasteiger partial charge in [0.15, 0.2) is 0 Å². The average molecular weight is 248 g/mol. The lowest BCUT2D eigenvalue weighted by Crippen LogP contribution is -2.42. The zero-order chi connectivity index (χ0) is 13.0. The van der Waals surface area contributed by atoms with Crippen molar-refractivity contribution >= 4 is 5.69 Å². The first-order valence-electron chi connectivity index (χ1n) is 6.87. The maximum atomic E-state index is 5.47. The van der Waals surface area contributed by atoms with Gasteiger partial charge in [0.1, 0.15) is 5.75 Å². The summed E-state index contributed by atoms with van der Waals surface area (Å²) in [6.45, 7) is 7.59. The highest BCUT2D eigenvalue weighted by molar-refractivity contribution is 5.60. The predicted octanol–water partition coefficient (Wildman–Crippen LogP) is 2.58. The highest BCUT2D eigenvalue weighted by Crippen LogP contribution is 2.31. The second kappa shape index (κ2) is 6.10. The molecule has 0 amide bonds. The molecule has 1 fully saturated rings. The van der Waals surface area contributed by atoms with Gasteiger partial charge in [-0.2, -0.15) is 0 Å². The molecule has 1 aliphatic heterocycles. The summed E-state index contributed by atoms with van der Waals surface area (Å²) in [6.07, 6.45) is 2.43. The van der Waals surface area contributed by atoms with E-state index >= 15 is 0 Å². The Bertz CT molecular complexity index is 384. The number of nitrogens with one attached hydrogen (secondary N) is 1. The molecule has 1 aromatic rings. The van der Waals surface area contributed by atoms with Gasteiger partial charge in [-0.15, -0.1) is 0 Å². The van der Waals surface area contributed by atoms with Gasteiger partial charge in [0.05, 0.1) is 12.8 Å². The lowest BCUT2D eigenvalue weighted by Gasteiger charge is -2.34. The number of aryl methyl sites for hydroxylation is 1. The molecule has 0 unspecified atom stereocenters. The predicted molar refractivity (Wildman–Crippen MR) is 76.6 cm³/mol. The van der Waals surface area contributed by atoms with E-state index < -0.39 is 0 Å². The lowest BCUT2D eigenvalue weighted by molar-refractivity contribution is 0.401. The molecule has 1 saturated heterocycles. The number of hydrogen-bond donors (Lipinski definition) is 1. The fraction of sp³-hybridized carbons (Fsp3) is 0.600. The molecule has 0 aromatic heterocycles. The summed E-state index contributed by atoms with van der Waals surface area (Å²) in [7, 11) is 1.75. The van der Waals surface area contributed by atoms with Crippen molar-refractivity contribution in [2.24, 2.45) is 0 Å². The van der Waals surface area contributed by atoms with Crippen LogP contribution >= 0.6 is 0 Å². The summed E-state index contributed by atoms with van der Waals surface area (Å²) in [5.41, 5.74) is 2.53. The number of methoxy groups -OCH3 is 1. The topological polar surface area (TPSA) is 24.5 Å². The van der Waals surface area contributed by atoms with E-state index in [-0.39, 0.29) is 0 Å². The van der Waals surface area contributed by atoms with E-state index in [1.807, 2.05) is 0 Å². The molecule has 1 aromatic carbocycles. The van der Waals surface area contributed by atoms with Crippen molar-refractivity contribution in [2.75, 3.05) is 31.6 Å². The van der Waals surface area contributed by atoms with E-state index in [1.54, 1.807) is 7.11 Å². The summed E-state index contributed by atoms with van der Waals surface area (Å²) < 4.78 is 5.47. The summed E-state index contributed by atoms with van der Waals surface area (Å²) in [4.78, 5) is 2.44. The summed E-state index contributed by atoms with van der Waals surface area (Å²) in [5.74, 6) is 0.988. The Kier molecular flexibility index (Phi) is 4.48. The quantitative estimate of drug-likeness (QED) is 0.886. The van der Waals surface area contributed by atoms with Crippen molar-refractivity contribution in [1.29, 1.82) is 0 Å². The Morgan fingerprint density at radius 2 is 2.06 bits per heavy atom. The van der Waals surface area contributed by atoms with Crippen molar-refractivity contribution < 1.29 is 4.74 Å². The highest BCUT2D eigenvalue weighted by Gasteiger charge is 2.20. The number of ether oxygens (including phenoxy) is 1. The zero-order valence-corrected chi connectivity index (χ0v) is 11.7. The number of hydrogen-bond acceptors (Lipinski definition) is 3. The van der Waals surface area contributed by atoms with Gasteiger partial charge < -0.3 is 15.0 Å².